The van der Waals surface area contributed by atoms with Gasteiger partial charge in [0.15, 0.2) is 5.78 Å². The quantitative estimate of drug-likeness (QED) is 0.505. The maximum absolute atomic E-state index is 13.5. The van der Waals surface area contributed by atoms with E-state index in [0.29, 0.717) is 18.1 Å². The summed E-state index contributed by atoms with van der Waals surface area (Å²) in [5.74, 6) is -3.49. The fourth-order valence-electron chi connectivity index (χ4n) is 1.72. The molecule has 6 heteroatoms. The Morgan fingerprint density at radius 2 is 1.95 bits per heavy atom. The van der Waals surface area contributed by atoms with Gasteiger partial charge >= 0.3 is 5.97 Å². The summed E-state index contributed by atoms with van der Waals surface area (Å²) in [7, 11) is 0. The monoisotopic (exact) mass is 306 g/mol. The Balaban J connectivity index is 2.15. The normalized spacial score (nSPS) is 11.4. The van der Waals surface area contributed by atoms with Gasteiger partial charge in [0.2, 0.25) is 5.76 Å². The van der Waals surface area contributed by atoms with Gasteiger partial charge in [-0.2, -0.15) is 0 Å². The van der Waals surface area contributed by atoms with Gasteiger partial charge in [0.25, 0.3) is 0 Å². The number of halogens is 1. The van der Waals surface area contributed by atoms with Crippen molar-refractivity contribution in [1.82, 2.24) is 0 Å². The van der Waals surface area contributed by atoms with Crippen LogP contribution in [0.3, 0.4) is 0 Å². The maximum atomic E-state index is 13.5. The number of aliphatic carboxylic acids is 1. The van der Waals surface area contributed by atoms with Crippen LogP contribution in [0, 0.1) is 5.82 Å². The highest BCUT2D eigenvalue weighted by Gasteiger charge is 2.12. The van der Waals surface area contributed by atoms with Crippen LogP contribution in [0.2, 0.25) is 0 Å². The third-order valence-electron chi connectivity index (χ3n) is 2.74. The molecule has 0 saturated heterocycles. The van der Waals surface area contributed by atoms with E-state index >= 15 is 0 Å². The Morgan fingerprint density at radius 3 is 2.62 bits per heavy atom. The van der Waals surface area contributed by atoms with Crippen LogP contribution in [0.15, 0.2) is 47.5 Å². The molecule has 0 amide bonds. The second-order valence-corrected chi connectivity index (χ2v) is 5.20. The summed E-state index contributed by atoms with van der Waals surface area (Å²) in [4.78, 5) is 22.5. The lowest BCUT2D eigenvalue weighted by Crippen LogP contribution is -2.02. The summed E-state index contributed by atoms with van der Waals surface area (Å²) in [6.07, 6.45) is 0.992. The molecule has 0 atom stereocenters. The largest absolute Gasteiger partial charge is 0.502 e. The van der Waals surface area contributed by atoms with Crippen molar-refractivity contribution in [2.45, 2.75) is 6.42 Å². The third kappa shape index (κ3) is 3.76. The summed E-state index contributed by atoms with van der Waals surface area (Å²) in [5.41, 5.74) is 1.26. The number of allylic oxidation sites excluding steroid dienone is 1. The zero-order valence-electron chi connectivity index (χ0n) is 10.7. The van der Waals surface area contributed by atoms with Gasteiger partial charge in [0.1, 0.15) is 5.82 Å². The Morgan fingerprint density at radius 1 is 1.24 bits per heavy atom. The van der Waals surface area contributed by atoms with E-state index < -0.39 is 17.5 Å². The fourth-order valence-corrected chi connectivity index (χ4v) is 2.54. The van der Waals surface area contributed by atoms with E-state index in [9.17, 15) is 14.0 Å². The average molecular weight is 306 g/mol. The van der Waals surface area contributed by atoms with Crippen molar-refractivity contribution in [2.75, 3.05) is 0 Å². The molecule has 0 unspecified atom stereocenters. The van der Waals surface area contributed by atoms with Crippen molar-refractivity contribution in [3.63, 3.8) is 0 Å². The van der Waals surface area contributed by atoms with Crippen LogP contribution in [-0.4, -0.2) is 22.0 Å². The average Bonchev–Trinajstić information content (AvgIpc) is 2.90. The lowest BCUT2D eigenvalue weighted by molar-refractivity contribution is -0.135. The van der Waals surface area contributed by atoms with Gasteiger partial charge in [-0.15, -0.1) is 11.3 Å². The van der Waals surface area contributed by atoms with Crippen molar-refractivity contribution >= 4 is 23.1 Å². The molecule has 0 spiro atoms. The third-order valence-corrected chi connectivity index (χ3v) is 3.73. The standard InChI is InChI=1S/C15H11FO4S/c16-11-4-2-1-3-10(11)5-9-6-14(21-8-9)12(17)7-13(18)15(19)20/h1-4,6-8,18H,5H2,(H,19,20)/b13-7-. The minimum atomic E-state index is -1.56. The van der Waals surface area contributed by atoms with Gasteiger partial charge in [-0.1, -0.05) is 18.2 Å². The molecule has 0 bridgehead atoms. The molecule has 0 fully saturated rings. The molecule has 21 heavy (non-hydrogen) atoms. The molecular formula is C15H11FO4S. The second kappa shape index (κ2) is 6.32. The van der Waals surface area contributed by atoms with Crippen LogP contribution in [0.4, 0.5) is 4.39 Å². The first-order valence-corrected chi connectivity index (χ1v) is 6.84. The molecule has 0 radical (unpaired) electrons. The Labute approximate surface area is 123 Å². The summed E-state index contributed by atoms with van der Waals surface area (Å²) in [6.45, 7) is 0. The molecule has 0 saturated carbocycles. The molecule has 2 aromatic rings. The smallest absolute Gasteiger partial charge is 0.371 e. The van der Waals surface area contributed by atoms with Gasteiger partial charge in [-0.05, 0) is 28.6 Å². The zero-order valence-corrected chi connectivity index (χ0v) is 11.6. The van der Waals surface area contributed by atoms with Gasteiger partial charge in [-0.3, -0.25) is 4.79 Å². The lowest BCUT2D eigenvalue weighted by Gasteiger charge is -2.00. The first-order valence-electron chi connectivity index (χ1n) is 5.96. The van der Waals surface area contributed by atoms with Crippen molar-refractivity contribution in [3.8, 4) is 0 Å². The van der Waals surface area contributed by atoms with E-state index in [4.69, 9.17) is 10.2 Å². The molecular weight excluding hydrogens is 295 g/mol. The Kier molecular flexibility index (Phi) is 4.49. The Bertz CT molecular complexity index is 718. The van der Waals surface area contributed by atoms with E-state index in [0.717, 1.165) is 16.9 Å². The van der Waals surface area contributed by atoms with Crippen LogP contribution < -0.4 is 0 Å². The highest BCUT2D eigenvalue weighted by atomic mass is 32.1. The van der Waals surface area contributed by atoms with E-state index in [1.165, 1.54) is 6.07 Å². The lowest BCUT2D eigenvalue weighted by atomic mass is 10.1. The maximum Gasteiger partial charge on any atom is 0.371 e. The number of hydrogen-bond donors (Lipinski definition) is 2. The second-order valence-electron chi connectivity index (χ2n) is 4.29. The number of carbonyl (C=O) groups excluding carboxylic acids is 1. The van der Waals surface area contributed by atoms with Crippen LogP contribution in [0.25, 0.3) is 0 Å². The molecule has 2 rings (SSSR count). The van der Waals surface area contributed by atoms with Crippen molar-refractivity contribution in [1.29, 1.82) is 0 Å². The van der Waals surface area contributed by atoms with Gasteiger partial charge in [-0.25, -0.2) is 9.18 Å². The Hall–Kier alpha value is -2.47. The zero-order chi connectivity index (χ0) is 15.4. The van der Waals surface area contributed by atoms with Crippen molar-refractivity contribution in [3.05, 3.63) is 69.4 Å². The first-order chi connectivity index (χ1) is 9.97. The van der Waals surface area contributed by atoms with E-state index in [1.807, 2.05) is 0 Å². The van der Waals surface area contributed by atoms with Crippen LogP contribution in [-0.2, 0) is 11.2 Å². The number of hydrogen-bond acceptors (Lipinski definition) is 4. The molecule has 0 aliphatic carbocycles. The number of rotatable bonds is 5. The van der Waals surface area contributed by atoms with Crippen molar-refractivity contribution < 1.29 is 24.2 Å². The topological polar surface area (TPSA) is 74.6 Å². The number of ketones is 1. The molecule has 1 heterocycles. The number of carboxylic acid groups (broad SMARTS) is 1. The predicted octanol–water partition coefficient (Wildman–Crippen LogP) is 3.19. The van der Waals surface area contributed by atoms with Gasteiger partial charge in [0, 0.05) is 12.5 Å². The number of thiophene rings is 1. The van der Waals surface area contributed by atoms with Crippen LogP contribution in [0.5, 0.6) is 0 Å². The number of aliphatic hydroxyl groups excluding tert-OH is 1. The van der Waals surface area contributed by atoms with E-state index in [1.54, 1.807) is 29.6 Å². The predicted molar refractivity (Wildman–Crippen MR) is 76.2 cm³/mol. The van der Waals surface area contributed by atoms with Crippen LogP contribution >= 0.6 is 11.3 Å². The number of carboxylic acids is 1. The first kappa shape index (κ1) is 14.9. The number of aliphatic hydroxyl groups is 1. The molecule has 0 aliphatic heterocycles. The summed E-state index contributed by atoms with van der Waals surface area (Å²) < 4.78 is 13.5. The van der Waals surface area contributed by atoms with Crippen LogP contribution in [0.1, 0.15) is 20.8 Å². The molecule has 1 aromatic carbocycles. The SMILES string of the molecule is O=C(O)/C(O)=C/C(=O)c1cc(Cc2ccccc2F)cs1. The molecule has 108 valence electrons. The summed E-state index contributed by atoms with van der Waals surface area (Å²) >= 11 is 1.12. The molecule has 1 aromatic heterocycles. The highest BCUT2D eigenvalue weighted by Crippen LogP contribution is 2.20. The van der Waals surface area contributed by atoms with E-state index in [-0.39, 0.29) is 10.7 Å². The molecule has 4 nitrogen and oxygen atoms in total. The van der Waals surface area contributed by atoms with Crippen molar-refractivity contribution in [2.24, 2.45) is 0 Å². The van der Waals surface area contributed by atoms with Gasteiger partial charge < -0.3 is 10.2 Å². The van der Waals surface area contributed by atoms with E-state index in [2.05, 4.69) is 0 Å². The van der Waals surface area contributed by atoms with Gasteiger partial charge in [0.05, 0.1) is 4.88 Å². The minimum Gasteiger partial charge on any atom is -0.502 e. The molecule has 2 N–H and O–H groups in total. The fraction of sp³-hybridized carbons (Fsp3) is 0.0667. The number of benzene rings is 1. The summed E-state index contributed by atoms with van der Waals surface area (Å²) in [5, 5.41) is 19.2. The molecule has 0 aliphatic rings. The minimum absolute atomic E-state index is 0.286. The highest BCUT2D eigenvalue weighted by molar-refractivity contribution is 7.12. The summed E-state index contributed by atoms with van der Waals surface area (Å²) in [6, 6.07) is 7.91. The number of carbonyl (C=O) groups is 2.